The molecule has 21 heavy (non-hydrogen) atoms. The van der Waals surface area contributed by atoms with Crippen LogP contribution in [0.5, 0.6) is 5.75 Å². The summed E-state index contributed by atoms with van der Waals surface area (Å²) in [5.74, 6) is -0.400. The molecule has 1 atom stereocenters. The first-order chi connectivity index (χ1) is 9.99. The lowest BCUT2D eigenvalue weighted by Crippen LogP contribution is -2.37. The summed E-state index contributed by atoms with van der Waals surface area (Å²) < 4.78 is 0. The van der Waals surface area contributed by atoms with Crippen LogP contribution in [-0.4, -0.2) is 39.0 Å². The Morgan fingerprint density at radius 3 is 2.76 bits per heavy atom. The number of amides is 1. The fraction of sp³-hybridized carbons (Fsp3) is 0.312. The van der Waals surface area contributed by atoms with E-state index in [-0.39, 0.29) is 23.4 Å². The molecule has 0 saturated heterocycles. The molecule has 2 heterocycles. The molecule has 0 bridgehead atoms. The maximum atomic E-state index is 12.3. The zero-order valence-electron chi connectivity index (χ0n) is 12.4. The molecule has 110 valence electrons. The van der Waals surface area contributed by atoms with Gasteiger partial charge < -0.3 is 10.0 Å². The summed E-state index contributed by atoms with van der Waals surface area (Å²) in [4.78, 5) is 22.2. The fourth-order valence-corrected chi connectivity index (χ4v) is 2.08. The van der Waals surface area contributed by atoms with Crippen molar-refractivity contribution in [3.8, 4) is 5.75 Å². The van der Waals surface area contributed by atoms with Gasteiger partial charge in [-0.05, 0) is 43.7 Å². The number of carbonyl (C=O) groups excluding carboxylic acids is 1. The average Bonchev–Trinajstić information content (AvgIpc) is 2.46. The number of aromatic nitrogens is 2. The summed E-state index contributed by atoms with van der Waals surface area (Å²) in [5.41, 5.74) is 2.15. The summed E-state index contributed by atoms with van der Waals surface area (Å²) >= 11 is 0. The lowest BCUT2D eigenvalue weighted by Gasteiger charge is -2.24. The van der Waals surface area contributed by atoms with E-state index in [2.05, 4.69) is 9.97 Å². The van der Waals surface area contributed by atoms with Crippen LogP contribution in [0.4, 0.5) is 0 Å². The maximum absolute atomic E-state index is 12.3. The molecule has 0 saturated carbocycles. The Morgan fingerprint density at radius 2 is 2.10 bits per heavy atom. The molecule has 1 N–H and O–H groups in total. The Labute approximate surface area is 124 Å². The number of likely N-dealkylation sites (N-methyl/N-ethyl adjacent to an activating group) is 1. The van der Waals surface area contributed by atoms with E-state index in [1.165, 1.54) is 12.3 Å². The highest BCUT2D eigenvalue weighted by Gasteiger charge is 2.21. The number of hydrogen-bond acceptors (Lipinski definition) is 4. The van der Waals surface area contributed by atoms with E-state index < -0.39 is 0 Å². The van der Waals surface area contributed by atoms with Crippen molar-refractivity contribution in [2.45, 2.75) is 26.3 Å². The number of aryl methyl sites for hydroxylation is 1. The van der Waals surface area contributed by atoms with E-state index in [1.807, 2.05) is 26.0 Å². The Bertz CT molecular complexity index is 643. The normalized spacial score (nSPS) is 12.0. The first kappa shape index (κ1) is 15.0. The van der Waals surface area contributed by atoms with Gasteiger partial charge in [0.2, 0.25) is 0 Å². The number of rotatable bonds is 4. The van der Waals surface area contributed by atoms with Crippen LogP contribution in [0.1, 0.15) is 28.7 Å². The molecule has 5 nitrogen and oxygen atoms in total. The number of pyridine rings is 2. The zero-order chi connectivity index (χ0) is 15.4. The first-order valence-corrected chi connectivity index (χ1v) is 6.81. The summed E-state index contributed by atoms with van der Waals surface area (Å²) in [5, 5.41) is 9.72. The van der Waals surface area contributed by atoms with Gasteiger partial charge in [-0.2, -0.15) is 0 Å². The van der Waals surface area contributed by atoms with Crippen molar-refractivity contribution in [1.82, 2.24) is 14.9 Å². The van der Waals surface area contributed by atoms with Gasteiger partial charge >= 0.3 is 0 Å². The summed E-state index contributed by atoms with van der Waals surface area (Å²) in [6.07, 6.45) is 3.91. The Hall–Kier alpha value is -2.43. The van der Waals surface area contributed by atoms with Crippen molar-refractivity contribution in [3.05, 3.63) is 53.6 Å². The van der Waals surface area contributed by atoms with Crippen molar-refractivity contribution >= 4 is 5.91 Å². The van der Waals surface area contributed by atoms with Crippen molar-refractivity contribution in [2.24, 2.45) is 0 Å². The minimum atomic E-state index is -0.298. The van der Waals surface area contributed by atoms with E-state index in [9.17, 15) is 9.90 Å². The van der Waals surface area contributed by atoms with E-state index >= 15 is 0 Å². The van der Waals surface area contributed by atoms with Gasteiger partial charge in [0.25, 0.3) is 5.91 Å². The highest BCUT2D eigenvalue weighted by molar-refractivity contribution is 5.94. The molecule has 0 radical (unpaired) electrons. The molecular formula is C16H19N3O2. The highest BCUT2D eigenvalue weighted by Crippen LogP contribution is 2.16. The summed E-state index contributed by atoms with van der Waals surface area (Å²) in [6.45, 7) is 3.96. The Morgan fingerprint density at radius 1 is 1.33 bits per heavy atom. The second kappa shape index (κ2) is 6.35. The number of nitrogens with zero attached hydrogens (tertiary/aromatic N) is 3. The van der Waals surface area contributed by atoms with E-state index in [0.717, 1.165) is 11.3 Å². The smallest absolute Gasteiger partial charge is 0.276 e. The molecule has 2 rings (SSSR count). The molecular weight excluding hydrogens is 266 g/mol. The highest BCUT2D eigenvalue weighted by atomic mass is 16.3. The first-order valence-electron chi connectivity index (χ1n) is 6.81. The van der Waals surface area contributed by atoms with Crippen LogP contribution in [0.2, 0.25) is 0 Å². The fourth-order valence-electron chi connectivity index (χ4n) is 2.08. The Balaban J connectivity index is 2.10. The van der Waals surface area contributed by atoms with Gasteiger partial charge in [0, 0.05) is 37.6 Å². The largest absolute Gasteiger partial charge is 0.505 e. The minimum absolute atomic E-state index is 0.0480. The molecule has 0 fully saturated rings. The van der Waals surface area contributed by atoms with Crippen LogP contribution in [0, 0.1) is 6.92 Å². The molecule has 0 aromatic carbocycles. The van der Waals surface area contributed by atoms with Gasteiger partial charge in [-0.25, -0.2) is 4.98 Å². The molecule has 0 aliphatic carbocycles. The minimum Gasteiger partial charge on any atom is -0.505 e. The van der Waals surface area contributed by atoms with Crippen LogP contribution in [0.25, 0.3) is 0 Å². The molecule has 5 heteroatoms. The summed E-state index contributed by atoms with van der Waals surface area (Å²) in [6, 6.07) is 6.95. The van der Waals surface area contributed by atoms with Crippen LogP contribution in [-0.2, 0) is 6.42 Å². The van der Waals surface area contributed by atoms with Crippen molar-refractivity contribution in [2.75, 3.05) is 7.05 Å². The molecule has 1 amide bonds. The number of carbonyl (C=O) groups is 1. The predicted octanol–water partition coefficient (Wildman–Crippen LogP) is 2.19. The topological polar surface area (TPSA) is 66.3 Å². The van der Waals surface area contributed by atoms with E-state index in [0.29, 0.717) is 6.42 Å². The lowest BCUT2D eigenvalue weighted by atomic mass is 10.1. The lowest BCUT2D eigenvalue weighted by molar-refractivity contribution is 0.0733. The molecule has 0 spiro atoms. The van der Waals surface area contributed by atoms with Gasteiger partial charge in [-0.15, -0.1) is 0 Å². The van der Waals surface area contributed by atoms with Crippen LogP contribution >= 0.6 is 0 Å². The van der Waals surface area contributed by atoms with Crippen molar-refractivity contribution < 1.29 is 9.90 Å². The number of hydrogen-bond donors (Lipinski definition) is 1. The van der Waals surface area contributed by atoms with Crippen molar-refractivity contribution in [3.63, 3.8) is 0 Å². The van der Waals surface area contributed by atoms with Gasteiger partial charge in [-0.3, -0.25) is 9.78 Å². The van der Waals surface area contributed by atoms with Crippen LogP contribution in [0.3, 0.4) is 0 Å². The van der Waals surface area contributed by atoms with Gasteiger partial charge in [0.05, 0.1) is 0 Å². The monoisotopic (exact) mass is 285 g/mol. The third-order valence-corrected chi connectivity index (χ3v) is 3.45. The third-order valence-electron chi connectivity index (χ3n) is 3.45. The predicted molar refractivity (Wildman–Crippen MR) is 80.1 cm³/mol. The third kappa shape index (κ3) is 3.56. The quantitative estimate of drug-likeness (QED) is 0.935. The van der Waals surface area contributed by atoms with Crippen LogP contribution in [0.15, 0.2) is 36.7 Å². The number of aromatic hydroxyl groups is 1. The standard InChI is InChI=1S/C16H19N3O2/c1-11-6-8-17-13(9-11)10-12(2)19(3)16(21)15-14(20)5-4-7-18-15/h4-9,12,20H,10H2,1-3H3/t12-/m0/s1. The van der Waals surface area contributed by atoms with Gasteiger partial charge in [-0.1, -0.05) is 0 Å². The maximum Gasteiger partial charge on any atom is 0.276 e. The second-order valence-electron chi connectivity index (χ2n) is 5.16. The molecule has 2 aromatic heterocycles. The molecule has 2 aromatic rings. The van der Waals surface area contributed by atoms with Crippen LogP contribution < -0.4 is 0 Å². The zero-order valence-corrected chi connectivity index (χ0v) is 12.4. The molecule has 0 aliphatic heterocycles. The second-order valence-corrected chi connectivity index (χ2v) is 5.16. The molecule has 0 unspecified atom stereocenters. The van der Waals surface area contributed by atoms with Crippen molar-refractivity contribution in [1.29, 1.82) is 0 Å². The van der Waals surface area contributed by atoms with Gasteiger partial charge in [0.15, 0.2) is 5.69 Å². The molecule has 0 aliphatic rings. The Kier molecular flexibility index (Phi) is 4.52. The summed E-state index contributed by atoms with van der Waals surface area (Å²) in [7, 11) is 1.71. The van der Waals surface area contributed by atoms with Gasteiger partial charge in [0.1, 0.15) is 5.75 Å². The van der Waals surface area contributed by atoms with E-state index in [4.69, 9.17) is 0 Å². The van der Waals surface area contributed by atoms with E-state index in [1.54, 1.807) is 24.2 Å². The SMILES string of the molecule is Cc1ccnc(C[C@H](C)N(C)C(=O)c2ncccc2O)c1. The average molecular weight is 285 g/mol.